The minimum Gasteiger partial charge on any atom is -0.497 e. The molecule has 0 radical (unpaired) electrons. The fourth-order valence-corrected chi connectivity index (χ4v) is 5.84. The van der Waals surface area contributed by atoms with Crippen molar-refractivity contribution in [2.75, 3.05) is 25.2 Å². The molecule has 27 heavy (non-hydrogen) atoms. The molecular formula is C19H24N2O4S2. The van der Waals surface area contributed by atoms with E-state index in [0.717, 1.165) is 28.4 Å². The van der Waals surface area contributed by atoms with Crippen molar-refractivity contribution in [2.45, 2.75) is 32.2 Å². The summed E-state index contributed by atoms with van der Waals surface area (Å²) in [6.45, 7) is 2.57. The lowest BCUT2D eigenvalue weighted by atomic mass is 10.2. The van der Waals surface area contributed by atoms with Crippen molar-refractivity contribution in [1.82, 2.24) is 9.88 Å². The summed E-state index contributed by atoms with van der Waals surface area (Å²) < 4.78 is 28.7. The Hall–Kier alpha value is -1.93. The second kappa shape index (κ2) is 8.39. The molecular weight excluding hydrogens is 384 g/mol. The van der Waals surface area contributed by atoms with Crippen LogP contribution in [0, 0.1) is 0 Å². The summed E-state index contributed by atoms with van der Waals surface area (Å²) in [7, 11) is -1.40. The molecule has 1 unspecified atom stereocenters. The van der Waals surface area contributed by atoms with Crippen molar-refractivity contribution in [3.63, 3.8) is 0 Å². The Bertz CT molecular complexity index is 891. The molecule has 1 aliphatic rings. The van der Waals surface area contributed by atoms with Gasteiger partial charge < -0.3 is 9.64 Å². The highest BCUT2D eigenvalue weighted by molar-refractivity contribution is 7.91. The van der Waals surface area contributed by atoms with Gasteiger partial charge in [0.2, 0.25) is 5.91 Å². The van der Waals surface area contributed by atoms with Crippen LogP contribution in [0.15, 0.2) is 29.6 Å². The molecule has 1 aromatic heterocycles. The number of thiazole rings is 1. The summed E-state index contributed by atoms with van der Waals surface area (Å²) in [5.41, 5.74) is 1.70. The van der Waals surface area contributed by atoms with E-state index < -0.39 is 9.84 Å². The zero-order valence-corrected chi connectivity index (χ0v) is 17.2. The number of carbonyl (C=O) groups is 1. The van der Waals surface area contributed by atoms with E-state index >= 15 is 0 Å². The van der Waals surface area contributed by atoms with Gasteiger partial charge in [-0.1, -0.05) is 6.92 Å². The van der Waals surface area contributed by atoms with Crippen molar-refractivity contribution in [3.8, 4) is 16.3 Å². The van der Waals surface area contributed by atoms with Crippen LogP contribution in [-0.2, 0) is 21.1 Å². The average molecular weight is 409 g/mol. The van der Waals surface area contributed by atoms with E-state index in [1.165, 1.54) is 11.3 Å². The van der Waals surface area contributed by atoms with Crippen molar-refractivity contribution in [2.24, 2.45) is 0 Å². The van der Waals surface area contributed by atoms with E-state index in [1.54, 1.807) is 12.0 Å². The fraction of sp³-hybridized carbons (Fsp3) is 0.474. The van der Waals surface area contributed by atoms with Gasteiger partial charge in [0.15, 0.2) is 9.84 Å². The first-order valence-electron chi connectivity index (χ1n) is 9.00. The molecule has 3 rings (SSSR count). The van der Waals surface area contributed by atoms with E-state index in [9.17, 15) is 13.2 Å². The lowest BCUT2D eigenvalue weighted by molar-refractivity contribution is -0.132. The van der Waals surface area contributed by atoms with Crippen LogP contribution in [0.1, 0.15) is 25.5 Å². The number of amides is 1. The average Bonchev–Trinajstić information content (AvgIpc) is 3.25. The fourth-order valence-electron chi connectivity index (χ4n) is 3.28. The number of rotatable bonds is 7. The third-order valence-electron chi connectivity index (χ3n) is 4.66. The predicted octanol–water partition coefficient (Wildman–Crippen LogP) is 2.79. The number of hydrogen-bond acceptors (Lipinski definition) is 6. The molecule has 0 bridgehead atoms. The number of aromatic nitrogens is 1. The maximum atomic E-state index is 12.8. The molecule has 1 amide bonds. The second-order valence-corrected chi connectivity index (χ2v) is 9.78. The molecule has 1 saturated heterocycles. The SMILES string of the molecule is CCCN(C(=O)Cc1csc(-c2ccc(OC)cc2)n1)C1CCS(=O)(=O)C1. The molecule has 1 aliphatic heterocycles. The van der Waals surface area contributed by atoms with Gasteiger partial charge in [0.25, 0.3) is 0 Å². The van der Waals surface area contributed by atoms with E-state index in [4.69, 9.17) is 4.74 Å². The third kappa shape index (κ3) is 4.87. The highest BCUT2D eigenvalue weighted by atomic mass is 32.2. The van der Waals surface area contributed by atoms with Gasteiger partial charge in [-0.05, 0) is 37.1 Å². The number of benzene rings is 1. The van der Waals surface area contributed by atoms with Gasteiger partial charge in [-0.3, -0.25) is 4.79 Å². The molecule has 8 heteroatoms. The van der Waals surface area contributed by atoms with Gasteiger partial charge in [0, 0.05) is 23.5 Å². The zero-order chi connectivity index (χ0) is 19.4. The monoisotopic (exact) mass is 408 g/mol. The number of sulfone groups is 1. The number of hydrogen-bond donors (Lipinski definition) is 0. The summed E-state index contributed by atoms with van der Waals surface area (Å²) >= 11 is 1.50. The topological polar surface area (TPSA) is 76.6 Å². The molecule has 1 aromatic carbocycles. The number of carbonyl (C=O) groups excluding carboxylic acids is 1. The Morgan fingerprint density at radius 1 is 1.33 bits per heavy atom. The molecule has 2 aromatic rings. The third-order valence-corrected chi connectivity index (χ3v) is 7.35. The number of methoxy groups -OCH3 is 1. The van der Waals surface area contributed by atoms with Gasteiger partial charge >= 0.3 is 0 Å². The minimum atomic E-state index is -3.02. The smallest absolute Gasteiger partial charge is 0.228 e. The standard InChI is InChI=1S/C19H24N2O4S2/c1-3-9-21(16-8-10-27(23,24)13-16)18(22)11-15-12-26-19(20-15)14-4-6-17(25-2)7-5-14/h4-7,12,16H,3,8-11,13H2,1-2H3. The maximum Gasteiger partial charge on any atom is 0.228 e. The Labute approximate surface area is 164 Å². The van der Waals surface area contributed by atoms with Gasteiger partial charge in [-0.25, -0.2) is 13.4 Å². The Kier molecular flexibility index (Phi) is 6.16. The first-order valence-corrected chi connectivity index (χ1v) is 11.7. The lowest BCUT2D eigenvalue weighted by Gasteiger charge is -2.27. The predicted molar refractivity (Wildman–Crippen MR) is 107 cm³/mol. The van der Waals surface area contributed by atoms with Gasteiger partial charge in [0.1, 0.15) is 10.8 Å². The van der Waals surface area contributed by atoms with E-state index in [2.05, 4.69) is 4.98 Å². The number of nitrogens with zero attached hydrogens (tertiary/aromatic N) is 2. The molecule has 146 valence electrons. The minimum absolute atomic E-state index is 0.0504. The van der Waals surface area contributed by atoms with E-state index in [0.29, 0.717) is 13.0 Å². The van der Waals surface area contributed by atoms with Gasteiger partial charge in [-0.15, -0.1) is 11.3 Å². The van der Waals surface area contributed by atoms with Crippen molar-refractivity contribution in [3.05, 3.63) is 35.3 Å². The van der Waals surface area contributed by atoms with Crippen LogP contribution < -0.4 is 4.74 Å². The van der Waals surface area contributed by atoms with Crippen molar-refractivity contribution < 1.29 is 17.9 Å². The molecule has 0 N–H and O–H groups in total. The van der Waals surface area contributed by atoms with Crippen molar-refractivity contribution >= 4 is 27.1 Å². The Morgan fingerprint density at radius 3 is 2.67 bits per heavy atom. The van der Waals surface area contributed by atoms with Crippen LogP contribution in [0.25, 0.3) is 10.6 Å². The first kappa shape index (κ1) is 19.8. The summed E-state index contributed by atoms with van der Waals surface area (Å²) in [5, 5.41) is 2.75. The van der Waals surface area contributed by atoms with Crippen LogP contribution in [0.2, 0.25) is 0 Å². The molecule has 1 fully saturated rings. The van der Waals surface area contributed by atoms with Crippen LogP contribution in [0.3, 0.4) is 0 Å². The van der Waals surface area contributed by atoms with Crippen LogP contribution in [0.4, 0.5) is 0 Å². The van der Waals surface area contributed by atoms with Crippen LogP contribution in [0.5, 0.6) is 5.75 Å². The lowest BCUT2D eigenvalue weighted by Crippen LogP contribution is -2.42. The zero-order valence-electron chi connectivity index (χ0n) is 15.6. The second-order valence-electron chi connectivity index (χ2n) is 6.69. The molecule has 2 heterocycles. The molecule has 0 aliphatic carbocycles. The largest absolute Gasteiger partial charge is 0.497 e. The van der Waals surface area contributed by atoms with Crippen molar-refractivity contribution in [1.29, 1.82) is 0 Å². The van der Waals surface area contributed by atoms with E-state index in [1.807, 2.05) is 36.6 Å². The van der Waals surface area contributed by atoms with Crippen LogP contribution >= 0.6 is 11.3 Å². The van der Waals surface area contributed by atoms with Crippen LogP contribution in [-0.4, -0.2) is 55.4 Å². The molecule has 1 atom stereocenters. The molecule has 0 spiro atoms. The quantitative estimate of drug-likeness (QED) is 0.704. The Balaban J connectivity index is 1.70. The van der Waals surface area contributed by atoms with E-state index in [-0.39, 0.29) is 29.9 Å². The summed E-state index contributed by atoms with van der Waals surface area (Å²) in [4.78, 5) is 19.1. The highest BCUT2D eigenvalue weighted by Crippen LogP contribution is 2.26. The molecule has 6 nitrogen and oxygen atoms in total. The normalized spacial score (nSPS) is 18.4. The molecule has 0 saturated carbocycles. The summed E-state index contributed by atoms with van der Waals surface area (Å²) in [5.74, 6) is 0.981. The summed E-state index contributed by atoms with van der Waals surface area (Å²) in [6, 6.07) is 7.43. The van der Waals surface area contributed by atoms with Gasteiger partial charge in [-0.2, -0.15) is 0 Å². The summed E-state index contributed by atoms with van der Waals surface area (Å²) in [6.07, 6.45) is 1.53. The number of ether oxygens (including phenoxy) is 1. The first-order chi connectivity index (χ1) is 12.9. The highest BCUT2D eigenvalue weighted by Gasteiger charge is 2.34. The maximum absolute atomic E-state index is 12.8. The Morgan fingerprint density at radius 2 is 2.07 bits per heavy atom. The van der Waals surface area contributed by atoms with Gasteiger partial charge in [0.05, 0.1) is 30.7 Å².